The van der Waals surface area contributed by atoms with Crippen LogP contribution in [0.5, 0.6) is 5.75 Å². The first kappa shape index (κ1) is 25.8. The lowest BCUT2D eigenvalue weighted by Gasteiger charge is -2.12. The predicted molar refractivity (Wildman–Crippen MR) is 139 cm³/mol. The highest BCUT2D eigenvalue weighted by atomic mass is 32.2. The monoisotopic (exact) mass is 520 g/mol. The Labute approximate surface area is 217 Å². The van der Waals surface area contributed by atoms with Gasteiger partial charge in [-0.2, -0.15) is 0 Å². The van der Waals surface area contributed by atoms with E-state index >= 15 is 0 Å². The number of nitrogens with zero attached hydrogens (tertiary/aromatic N) is 1. The summed E-state index contributed by atoms with van der Waals surface area (Å²) < 4.78 is 16.2. The van der Waals surface area contributed by atoms with Crippen molar-refractivity contribution in [3.63, 3.8) is 0 Å². The number of thioether (sulfide) groups is 1. The van der Waals surface area contributed by atoms with E-state index in [9.17, 15) is 19.2 Å². The van der Waals surface area contributed by atoms with Gasteiger partial charge in [0.2, 0.25) is 5.91 Å². The summed E-state index contributed by atoms with van der Waals surface area (Å²) in [5.74, 6) is 0.0849. The highest BCUT2D eigenvalue weighted by molar-refractivity contribution is 8.18. The van der Waals surface area contributed by atoms with Crippen molar-refractivity contribution in [1.82, 2.24) is 4.90 Å². The molecule has 1 aliphatic heterocycles. The quantitative estimate of drug-likeness (QED) is 0.303. The van der Waals surface area contributed by atoms with Crippen molar-refractivity contribution in [1.29, 1.82) is 0 Å². The van der Waals surface area contributed by atoms with E-state index in [4.69, 9.17) is 13.9 Å². The van der Waals surface area contributed by atoms with Crippen molar-refractivity contribution in [2.24, 2.45) is 0 Å². The molecule has 0 spiro atoms. The number of hydrogen-bond acceptors (Lipinski definition) is 8. The van der Waals surface area contributed by atoms with Gasteiger partial charge >= 0.3 is 5.97 Å². The van der Waals surface area contributed by atoms with Crippen molar-refractivity contribution >= 4 is 46.5 Å². The molecule has 2 aromatic carbocycles. The number of furan rings is 1. The zero-order valence-corrected chi connectivity index (χ0v) is 21.0. The molecule has 37 heavy (non-hydrogen) atoms. The number of rotatable bonds is 9. The lowest BCUT2D eigenvalue weighted by molar-refractivity contribution is -0.127. The fourth-order valence-corrected chi connectivity index (χ4v) is 4.30. The van der Waals surface area contributed by atoms with Crippen molar-refractivity contribution < 1.29 is 33.1 Å². The molecular formula is C27H24N2O7S. The van der Waals surface area contributed by atoms with E-state index in [2.05, 4.69) is 5.32 Å². The number of esters is 1. The maximum absolute atomic E-state index is 12.8. The standard InChI is InChI=1S/C27H24N2O7S/c1-3-34-20-11-9-19(10-12-20)28-24(30)16-29-25(31)23(37-27(29)33)15-21-13-14-22(36-21)17-5-7-18(8-6-17)26(32)35-4-2/h5-15H,3-4,16H2,1-2H3,(H,28,30)/b23-15+. The average Bonchev–Trinajstić information content (AvgIpc) is 3.46. The van der Waals surface area contributed by atoms with Crippen LogP contribution in [0, 0.1) is 0 Å². The van der Waals surface area contributed by atoms with Crippen molar-refractivity contribution in [3.05, 3.63) is 76.9 Å². The van der Waals surface area contributed by atoms with Gasteiger partial charge < -0.3 is 19.2 Å². The molecule has 1 aliphatic rings. The largest absolute Gasteiger partial charge is 0.494 e. The van der Waals surface area contributed by atoms with Crippen LogP contribution in [0.2, 0.25) is 0 Å². The number of hydrogen-bond donors (Lipinski definition) is 1. The third-order valence-corrected chi connectivity index (χ3v) is 6.11. The van der Waals surface area contributed by atoms with Crippen LogP contribution in [0.3, 0.4) is 0 Å². The summed E-state index contributed by atoms with van der Waals surface area (Å²) in [5, 5.41) is 2.12. The second kappa shape index (κ2) is 11.6. The van der Waals surface area contributed by atoms with Gasteiger partial charge in [-0.25, -0.2) is 4.79 Å². The SMILES string of the molecule is CCOC(=O)c1ccc(-c2ccc(/C=C3/SC(=O)N(CC(=O)Nc4ccc(OCC)cc4)C3=O)o2)cc1. The number of nitrogens with one attached hydrogen (secondary N) is 1. The topological polar surface area (TPSA) is 115 Å². The molecule has 1 fully saturated rings. The number of imide groups is 1. The Morgan fingerprint density at radius 2 is 1.70 bits per heavy atom. The lowest BCUT2D eigenvalue weighted by Crippen LogP contribution is -2.36. The van der Waals surface area contributed by atoms with Gasteiger partial charge in [0.25, 0.3) is 11.1 Å². The molecule has 0 radical (unpaired) electrons. The molecule has 0 atom stereocenters. The molecule has 0 unspecified atom stereocenters. The molecule has 1 N–H and O–H groups in total. The minimum Gasteiger partial charge on any atom is -0.494 e. The second-order valence-electron chi connectivity index (χ2n) is 7.77. The zero-order valence-electron chi connectivity index (χ0n) is 20.2. The fourth-order valence-electron chi connectivity index (χ4n) is 3.48. The molecule has 4 rings (SSSR count). The van der Waals surface area contributed by atoms with Gasteiger partial charge in [-0.05, 0) is 74.1 Å². The smallest absolute Gasteiger partial charge is 0.338 e. The molecule has 1 saturated heterocycles. The normalized spacial score (nSPS) is 14.2. The van der Waals surface area contributed by atoms with Crippen LogP contribution in [-0.2, 0) is 14.3 Å². The van der Waals surface area contributed by atoms with Crippen LogP contribution < -0.4 is 10.1 Å². The van der Waals surface area contributed by atoms with E-state index in [0.717, 1.165) is 22.2 Å². The third-order valence-electron chi connectivity index (χ3n) is 5.21. The number of carbonyl (C=O) groups excluding carboxylic acids is 4. The maximum atomic E-state index is 12.8. The van der Waals surface area contributed by atoms with E-state index in [1.54, 1.807) is 67.6 Å². The minimum atomic E-state index is -0.575. The molecule has 0 bridgehead atoms. The maximum Gasteiger partial charge on any atom is 0.338 e. The Bertz CT molecular complexity index is 1340. The van der Waals surface area contributed by atoms with Crippen LogP contribution >= 0.6 is 11.8 Å². The Kier molecular flexibility index (Phi) is 8.09. The van der Waals surface area contributed by atoms with Crippen LogP contribution in [0.1, 0.15) is 30.0 Å². The summed E-state index contributed by atoms with van der Waals surface area (Å²) in [5.41, 5.74) is 1.68. The Morgan fingerprint density at radius 3 is 2.38 bits per heavy atom. The highest BCUT2D eigenvalue weighted by Gasteiger charge is 2.36. The molecular weight excluding hydrogens is 496 g/mol. The van der Waals surface area contributed by atoms with Gasteiger partial charge in [-0.1, -0.05) is 12.1 Å². The molecule has 1 aromatic heterocycles. The predicted octanol–water partition coefficient (Wildman–Crippen LogP) is 5.20. The molecule has 10 heteroatoms. The first-order chi connectivity index (χ1) is 17.9. The molecule has 190 valence electrons. The van der Waals surface area contributed by atoms with Crippen LogP contribution in [0.15, 0.2) is 70.0 Å². The number of benzene rings is 2. The van der Waals surface area contributed by atoms with Crippen LogP contribution in [-0.4, -0.2) is 47.7 Å². The first-order valence-electron chi connectivity index (χ1n) is 11.5. The highest BCUT2D eigenvalue weighted by Crippen LogP contribution is 2.33. The third kappa shape index (κ3) is 6.28. The summed E-state index contributed by atoms with van der Waals surface area (Å²) in [7, 11) is 0. The summed E-state index contributed by atoms with van der Waals surface area (Å²) in [6.45, 7) is 4.02. The van der Waals surface area contributed by atoms with E-state index in [0.29, 0.717) is 41.7 Å². The Balaban J connectivity index is 1.39. The minimum absolute atomic E-state index is 0.150. The molecule has 3 aromatic rings. The molecule has 9 nitrogen and oxygen atoms in total. The Hall–Kier alpha value is -4.31. The molecule has 0 saturated carbocycles. The van der Waals surface area contributed by atoms with Gasteiger partial charge in [-0.3, -0.25) is 19.3 Å². The first-order valence-corrected chi connectivity index (χ1v) is 12.3. The zero-order chi connectivity index (χ0) is 26.4. The van der Waals surface area contributed by atoms with Crippen molar-refractivity contribution in [2.75, 3.05) is 25.1 Å². The van der Waals surface area contributed by atoms with E-state index in [1.807, 2.05) is 6.92 Å². The van der Waals surface area contributed by atoms with E-state index in [-0.39, 0.29) is 4.91 Å². The fraction of sp³-hybridized carbons (Fsp3) is 0.185. The summed E-state index contributed by atoms with van der Waals surface area (Å²) >= 11 is 0.738. The lowest BCUT2D eigenvalue weighted by atomic mass is 10.1. The molecule has 0 aliphatic carbocycles. The van der Waals surface area contributed by atoms with Gasteiger partial charge in [-0.15, -0.1) is 0 Å². The van der Waals surface area contributed by atoms with Gasteiger partial charge in [0.15, 0.2) is 0 Å². The van der Waals surface area contributed by atoms with Crippen molar-refractivity contribution in [2.45, 2.75) is 13.8 Å². The van der Waals surface area contributed by atoms with Gasteiger partial charge in [0.05, 0.1) is 23.7 Å². The number of anilines is 1. The van der Waals surface area contributed by atoms with Crippen molar-refractivity contribution in [3.8, 4) is 17.1 Å². The molecule has 3 amide bonds. The summed E-state index contributed by atoms with van der Waals surface area (Å²) in [6.07, 6.45) is 1.46. The number of carbonyl (C=O) groups is 4. The number of amides is 3. The number of ether oxygens (including phenoxy) is 2. The van der Waals surface area contributed by atoms with Crippen LogP contribution in [0.4, 0.5) is 10.5 Å². The summed E-state index contributed by atoms with van der Waals surface area (Å²) in [6, 6.07) is 16.9. The average molecular weight is 521 g/mol. The Morgan fingerprint density at radius 1 is 0.973 bits per heavy atom. The van der Waals surface area contributed by atoms with E-state index < -0.39 is 29.6 Å². The van der Waals surface area contributed by atoms with E-state index in [1.165, 1.54) is 6.08 Å². The molecule has 2 heterocycles. The van der Waals surface area contributed by atoms with Crippen LogP contribution in [0.25, 0.3) is 17.4 Å². The van der Waals surface area contributed by atoms with Gasteiger partial charge in [0, 0.05) is 17.3 Å². The second-order valence-corrected chi connectivity index (χ2v) is 8.77. The summed E-state index contributed by atoms with van der Waals surface area (Å²) in [4.78, 5) is 50.5. The van der Waals surface area contributed by atoms with Gasteiger partial charge in [0.1, 0.15) is 23.8 Å².